The fraction of sp³-hybridized carbons (Fsp3) is 0.0811. The van der Waals surface area contributed by atoms with E-state index in [1.54, 1.807) is 0 Å². The second kappa shape index (κ2) is 10.8. The van der Waals surface area contributed by atoms with Gasteiger partial charge in [-0.15, -0.1) is 0 Å². The van der Waals surface area contributed by atoms with E-state index in [2.05, 4.69) is 157 Å². The molecule has 184 valence electrons. The molecule has 0 aromatic heterocycles. The summed E-state index contributed by atoms with van der Waals surface area (Å²) in [5.41, 5.74) is 9.79. The molecule has 6 rings (SSSR count). The zero-order valence-electron chi connectivity index (χ0n) is 21.7. The van der Waals surface area contributed by atoms with Crippen molar-refractivity contribution in [2.45, 2.75) is 19.8 Å². The third-order valence-electron chi connectivity index (χ3n) is 7.19. The van der Waals surface area contributed by atoms with Gasteiger partial charge in [0.25, 0.3) is 0 Å². The lowest BCUT2D eigenvalue weighted by atomic mass is 10.00. The molecular weight excluding hydrogens is 458 g/mol. The van der Waals surface area contributed by atoms with Gasteiger partial charge < -0.3 is 4.90 Å². The minimum Gasteiger partial charge on any atom is -0.310 e. The molecule has 1 heteroatoms. The Labute approximate surface area is 225 Å². The van der Waals surface area contributed by atoms with Gasteiger partial charge in [-0.1, -0.05) is 129 Å². The molecule has 0 aliphatic heterocycles. The molecule has 0 unspecified atom stereocenters. The van der Waals surface area contributed by atoms with Crippen molar-refractivity contribution in [2.75, 3.05) is 4.90 Å². The number of hydrogen-bond acceptors (Lipinski definition) is 1. The first kappa shape index (κ1) is 23.8. The van der Waals surface area contributed by atoms with Crippen molar-refractivity contribution in [3.63, 3.8) is 0 Å². The number of aryl methyl sites for hydroxylation is 1. The summed E-state index contributed by atoms with van der Waals surface area (Å²) in [6, 6.07) is 52.5. The number of nitrogens with zero attached hydrogens (tertiary/aromatic N) is 1. The Bertz CT molecular complexity index is 1630. The van der Waals surface area contributed by atoms with Gasteiger partial charge in [0.1, 0.15) is 0 Å². The third-order valence-corrected chi connectivity index (χ3v) is 7.19. The number of fused-ring (bicyclic) bond motifs is 1. The molecule has 6 aromatic rings. The van der Waals surface area contributed by atoms with Crippen molar-refractivity contribution in [3.8, 4) is 22.3 Å². The lowest BCUT2D eigenvalue weighted by Crippen LogP contribution is -2.10. The van der Waals surface area contributed by atoms with Gasteiger partial charge in [0, 0.05) is 16.8 Å². The monoisotopic (exact) mass is 489 g/mol. The van der Waals surface area contributed by atoms with Crippen LogP contribution < -0.4 is 4.90 Å². The van der Waals surface area contributed by atoms with Crippen LogP contribution in [0.5, 0.6) is 0 Å². The van der Waals surface area contributed by atoms with Crippen LogP contribution in [0, 0.1) is 0 Å². The molecular formula is C37H31N. The largest absolute Gasteiger partial charge is 0.310 e. The van der Waals surface area contributed by atoms with E-state index in [1.165, 1.54) is 50.0 Å². The Balaban J connectivity index is 1.38. The lowest BCUT2D eigenvalue weighted by Gasteiger charge is -2.27. The predicted octanol–water partition coefficient (Wildman–Crippen LogP) is 10.6. The van der Waals surface area contributed by atoms with Crippen LogP contribution in [0.1, 0.15) is 18.9 Å². The van der Waals surface area contributed by atoms with Gasteiger partial charge in [0.15, 0.2) is 0 Å². The van der Waals surface area contributed by atoms with Crippen LogP contribution in [-0.4, -0.2) is 0 Å². The van der Waals surface area contributed by atoms with Gasteiger partial charge in [0.2, 0.25) is 0 Å². The SMILES string of the molecule is CCCc1ccc(N(c2ccc(-c3ccc(-c4ccccc4)cc3)cc2)c2cccc3ccccc23)cc1. The van der Waals surface area contributed by atoms with E-state index in [9.17, 15) is 0 Å². The zero-order valence-corrected chi connectivity index (χ0v) is 21.7. The van der Waals surface area contributed by atoms with Crippen LogP contribution in [0.4, 0.5) is 17.1 Å². The molecule has 1 nitrogen and oxygen atoms in total. The van der Waals surface area contributed by atoms with Crippen molar-refractivity contribution >= 4 is 27.8 Å². The molecule has 38 heavy (non-hydrogen) atoms. The molecule has 0 radical (unpaired) electrons. The van der Waals surface area contributed by atoms with E-state index in [1.807, 2.05) is 0 Å². The molecule has 0 amide bonds. The van der Waals surface area contributed by atoms with E-state index in [0.717, 1.165) is 18.5 Å². The van der Waals surface area contributed by atoms with Crippen LogP contribution in [-0.2, 0) is 6.42 Å². The van der Waals surface area contributed by atoms with Gasteiger partial charge in [0.05, 0.1) is 5.69 Å². The summed E-state index contributed by atoms with van der Waals surface area (Å²) in [4.78, 5) is 2.38. The molecule has 0 aliphatic carbocycles. The highest BCUT2D eigenvalue weighted by molar-refractivity contribution is 5.99. The molecule has 0 fully saturated rings. The summed E-state index contributed by atoms with van der Waals surface area (Å²) < 4.78 is 0. The fourth-order valence-corrected chi connectivity index (χ4v) is 5.22. The number of rotatable bonds is 7. The molecule has 0 spiro atoms. The summed E-state index contributed by atoms with van der Waals surface area (Å²) in [6.45, 7) is 2.23. The molecule has 0 aliphatic rings. The van der Waals surface area contributed by atoms with Crippen LogP contribution in [0.2, 0.25) is 0 Å². The molecule has 0 saturated heterocycles. The Morgan fingerprint density at radius 3 is 1.58 bits per heavy atom. The summed E-state index contributed by atoms with van der Waals surface area (Å²) >= 11 is 0. The van der Waals surface area contributed by atoms with Gasteiger partial charge >= 0.3 is 0 Å². The summed E-state index contributed by atoms with van der Waals surface area (Å²) in [6.07, 6.45) is 2.26. The minimum atomic E-state index is 1.10. The first-order chi connectivity index (χ1) is 18.8. The predicted molar refractivity (Wildman–Crippen MR) is 163 cm³/mol. The van der Waals surface area contributed by atoms with Crippen LogP contribution in [0.15, 0.2) is 146 Å². The van der Waals surface area contributed by atoms with E-state index in [-0.39, 0.29) is 0 Å². The summed E-state index contributed by atoms with van der Waals surface area (Å²) in [5.74, 6) is 0. The highest BCUT2D eigenvalue weighted by Crippen LogP contribution is 2.39. The van der Waals surface area contributed by atoms with Crippen LogP contribution in [0.3, 0.4) is 0 Å². The van der Waals surface area contributed by atoms with Crippen molar-refractivity contribution in [2.24, 2.45) is 0 Å². The Morgan fingerprint density at radius 2 is 0.947 bits per heavy atom. The number of hydrogen-bond donors (Lipinski definition) is 0. The smallest absolute Gasteiger partial charge is 0.0540 e. The van der Waals surface area contributed by atoms with Crippen molar-refractivity contribution < 1.29 is 0 Å². The van der Waals surface area contributed by atoms with E-state index in [4.69, 9.17) is 0 Å². The van der Waals surface area contributed by atoms with Crippen LogP contribution >= 0.6 is 0 Å². The van der Waals surface area contributed by atoms with Crippen LogP contribution in [0.25, 0.3) is 33.0 Å². The lowest BCUT2D eigenvalue weighted by molar-refractivity contribution is 0.922. The van der Waals surface area contributed by atoms with E-state index >= 15 is 0 Å². The zero-order chi connectivity index (χ0) is 25.7. The molecule has 0 saturated carbocycles. The molecule has 6 aromatic carbocycles. The summed E-state index contributed by atoms with van der Waals surface area (Å²) in [5, 5.41) is 2.49. The average Bonchev–Trinajstić information content (AvgIpc) is 2.99. The van der Waals surface area contributed by atoms with Crippen molar-refractivity contribution in [1.82, 2.24) is 0 Å². The molecule has 0 N–H and O–H groups in total. The van der Waals surface area contributed by atoms with Gasteiger partial charge in [-0.2, -0.15) is 0 Å². The molecule has 0 atom stereocenters. The third kappa shape index (κ3) is 4.84. The highest BCUT2D eigenvalue weighted by atomic mass is 15.1. The maximum atomic E-state index is 2.38. The summed E-state index contributed by atoms with van der Waals surface area (Å²) in [7, 11) is 0. The minimum absolute atomic E-state index is 1.10. The standard InChI is InChI=1S/C37H31N/c1-2-9-28-16-24-34(25-17-28)38(37-15-8-13-33-12-6-7-14-36(33)37)35-26-22-32(23-27-35)31-20-18-30(19-21-31)29-10-4-3-5-11-29/h3-8,10-27H,2,9H2,1H3. The quantitative estimate of drug-likeness (QED) is 0.215. The van der Waals surface area contributed by atoms with Crippen molar-refractivity contribution in [3.05, 3.63) is 151 Å². The second-order valence-corrected chi connectivity index (χ2v) is 9.74. The fourth-order valence-electron chi connectivity index (χ4n) is 5.22. The second-order valence-electron chi connectivity index (χ2n) is 9.74. The topological polar surface area (TPSA) is 3.24 Å². The van der Waals surface area contributed by atoms with Crippen molar-refractivity contribution in [1.29, 1.82) is 0 Å². The maximum Gasteiger partial charge on any atom is 0.0540 e. The van der Waals surface area contributed by atoms with Gasteiger partial charge in [-0.3, -0.25) is 0 Å². The first-order valence-electron chi connectivity index (χ1n) is 13.4. The maximum absolute atomic E-state index is 2.38. The highest BCUT2D eigenvalue weighted by Gasteiger charge is 2.15. The molecule has 0 heterocycles. The van der Waals surface area contributed by atoms with E-state index < -0.39 is 0 Å². The van der Waals surface area contributed by atoms with Gasteiger partial charge in [-0.05, 0) is 70.0 Å². The average molecular weight is 490 g/mol. The number of anilines is 3. The number of benzene rings is 6. The Kier molecular flexibility index (Phi) is 6.74. The first-order valence-corrected chi connectivity index (χ1v) is 13.4. The normalized spacial score (nSPS) is 11.0. The Morgan fingerprint density at radius 1 is 0.447 bits per heavy atom. The van der Waals surface area contributed by atoms with Gasteiger partial charge in [-0.25, -0.2) is 0 Å². The van der Waals surface area contributed by atoms with E-state index in [0.29, 0.717) is 0 Å². The molecule has 0 bridgehead atoms. The Hall–Kier alpha value is -4.62.